The highest BCUT2D eigenvalue weighted by atomic mass is 16.2. The molecule has 0 aromatic heterocycles. The van der Waals surface area contributed by atoms with Gasteiger partial charge in [-0.2, -0.15) is 0 Å². The Morgan fingerprint density at radius 3 is 2.39 bits per heavy atom. The largest absolute Gasteiger partial charge is 0.352 e. The highest BCUT2D eigenvalue weighted by molar-refractivity contribution is 6.45. The van der Waals surface area contributed by atoms with Crippen molar-refractivity contribution < 1.29 is 19.2 Å². The fraction of sp³-hybridized carbons (Fsp3) is 0.750. The van der Waals surface area contributed by atoms with E-state index in [4.69, 9.17) is 0 Å². The molecule has 0 aromatic carbocycles. The summed E-state index contributed by atoms with van der Waals surface area (Å²) in [6, 6.07) is -1.07. The molecule has 0 bridgehead atoms. The van der Waals surface area contributed by atoms with Crippen LogP contribution >= 0.6 is 0 Å². The Morgan fingerprint density at radius 1 is 1.17 bits per heavy atom. The third kappa shape index (κ3) is 3.38. The maximum Gasteiger partial charge on any atom is 0.334 e. The van der Waals surface area contributed by atoms with E-state index in [1.165, 1.54) is 0 Å². The topological polar surface area (TPSA) is 86.8 Å². The predicted molar refractivity (Wildman–Crippen MR) is 83.2 cm³/mol. The Kier molecular flexibility index (Phi) is 5.06. The summed E-state index contributed by atoms with van der Waals surface area (Å²) >= 11 is 0. The fourth-order valence-electron chi connectivity index (χ4n) is 3.30. The van der Waals surface area contributed by atoms with Crippen molar-refractivity contribution in [3.8, 4) is 0 Å². The molecule has 1 aliphatic heterocycles. The van der Waals surface area contributed by atoms with Gasteiger partial charge in [0.15, 0.2) is 0 Å². The summed E-state index contributed by atoms with van der Waals surface area (Å²) in [7, 11) is 0. The molecule has 7 heteroatoms. The average molecular weight is 323 g/mol. The van der Waals surface area contributed by atoms with Gasteiger partial charge >= 0.3 is 17.8 Å². The third-order valence-corrected chi connectivity index (χ3v) is 4.96. The van der Waals surface area contributed by atoms with Crippen LogP contribution in [0.1, 0.15) is 47.0 Å². The van der Waals surface area contributed by atoms with Crippen LogP contribution in [0.2, 0.25) is 0 Å². The minimum atomic E-state index is -0.927. The molecule has 1 heterocycles. The molecule has 1 saturated heterocycles. The number of carbonyl (C=O) groups excluding carboxylic acids is 4. The van der Waals surface area contributed by atoms with Crippen LogP contribution in [0.25, 0.3) is 0 Å². The standard InChI is InChI=1S/C16H25N3O4/c1-9(2)19-15(22)14(21)18(16(19)23)8-13(20)17-12-7-5-6-10(3)11(12)4/h9-12H,5-8H2,1-4H3,(H,17,20)/t10-,11+,12-/m0/s1. The molecule has 2 fully saturated rings. The molecule has 7 nitrogen and oxygen atoms in total. The molecule has 0 unspecified atom stereocenters. The summed E-state index contributed by atoms with van der Waals surface area (Å²) < 4.78 is 0. The van der Waals surface area contributed by atoms with E-state index >= 15 is 0 Å². The summed E-state index contributed by atoms with van der Waals surface area (Å²) in [6.45, 7) is 7.17. The molecule has 1 saturated carbocycles. The summed E-state index contributed by atoms with van der Waals surface area (Å²) in [6.07, 6.45) is 3.10. The molecular weight excluding hydrogens is 298 g/mol. The normalized spacial score (nSPS) is 28.7. The third-order valence-electron chi connectivity index (χ3n) is 4.96. The van der Waals surface area contributed by atoms with E-state index in [-0.39, 0.29) is 6.04 Å². The Hall–Kier alpha value is -1.92. The van der Waals surface area contributed by atoms with Crippen molar-refractivity contribution >= 4 is 23.8 Å². The Bertz CT molecular complexity index is 531. The van der Waals surface area contributed by atoms with E-state index in [1.807, 2.05) is 0 Å². The molecule has 0 spiro atoms. The lowest BCUT2D eigenvalue weighted by Crippen LogP contribution is -2.48. The van der Waals surface area contributed by atoms with Crippen LogP contribution in [0.3, 0.4) is 0 Å². The molecule has 1 aliphatic carbocycles. The average Bonchev–Trinajstić information content (AvgIpc) is 2.67. The Labute approximate surface area is 136 Å². The van der Waals surface area contributed by atoms with Crippen molar-refractivity contribution in [1.82, 2.24) is 15.1 Å². The van der Waals surface area contributed by atoms with Gasteiger partial charge in [0.1, 0.15) is 6.54 Å². The van der Waals surface area contributed by atoms with Crippen LogP contribution in [0.5, 0.6) is 0 Å². The van der Waals surface area contributed by atoms with Gasteiger partial charge in [0, 0.05) is 12.1 Å². The van der Waals surface area contributed by atoms with Gasteiger partial charge in [-0.25, -0.2) is 9.69 Å². The van der Waals surface area contributed by atoms with Crippen molar-refractivity contribution in [3.05, 3.63) is 0 Å². The minimum Gasteiger partial charge on any atom is -0.352 e. The van der Waals surface area contributed by atoms with Crippen LogP contribution in [0, 0.1) is 11.8 Å². The van der Waals surface area contributed by atoms with Gasteiger partial charge in [-0.05, 0) is 32.1 Å². The van der Waals surface area contributed by atoms with Crippen molar-refractivity contribution in [3.63, 3.8) is 0 Å². The first-order chi connectivity index (χ1) is 10.7. The van der Waals surface area contributed by atoms with Crippen molar-refractivity contribution in [1.29, 1.82) is 0 Å². The molecule has 23 heavy (non-hydrogen) atoms. The van der Waals surface area contributed by atoms with Gasteiger partial charge in [0.2, 0.25) is 5.91 Å². The summed E-state index contributed by atoms with van der Waals surface area (Å²) in [5.41, 5.74) is 0. The second kappa shape index (κ2) is 6.68. The van der Waals surface area contributed by atoms with E-state index < -0.39 is 36.3 Å². The van der Waals surface area contributed by atoms with Gasteiger partial charge in [-0.3, -0.25) is 19.3 Å². The molecule has 0 radical (unpaired) electrons. The second-order valence-electron chi connectivity index (χ2n) is 6.88. The van der Waals surface area contributed by atoms with Gasteiger partial charge in [-0.15, -0.1) is 0 Å². The minimum absolute atomic E-state index is 0.0518. The lowest BCUT2D eigenvalue weighted by molar-refractivity contribution is -0.144. The van der Waals surface area contributed by atoms with Crippen LogP contribution in [-0.4, -0.2) is 52.2 Å². The smallest absolute Gasteiger partial charge is 0.334 e. The van der Waals surface area contributed by atoms with Gasteiger partial charge < -0.3 is 5.32 Å². The first kappa shape index (κ1) is 17.4. The van der Waals surface area contributed by atoms with Gasteiger partial charge in [-0.1, -0.05) is 26.7 Å². The van der Waals surface area contributed by atoms with Gasteiger partial charge in [0.25, 0.3) is 0 Å². The molecule has 0 aromatic rings. The van der Waals surface area contributed by atoms with E-state index in [0.717, 1.165) is 29.1 Å². The summed E-state index contributed by atoms with van der Waals surface area (Å²) in [5, 5.41) is 2.91. The van der Waals surface area contributed by atoms with Crippen molar-refractivity contribution in [2.24, 2.45) is 11.8 Å². The zero-order valence-corrected chi connectivity index (χ0v) is 14.2. The number of nitrogens with zero attached hydrogens (tertiary/aromatic N) is 2. The first-order valence-electron chi connectivity index (χ1n) is 8.22. The van der Waals surface area contributed by atoms with Crippen LogP contribution < -0.4 is 5.32 Å². The molecule has 2 aliphatic rings. The number of rotatable bonds is 4. The van der Waals surface area contributed by atoms with Crippen LogP contribution in [-0.2, 0) is 14.4 Å². The predicted octanol–water partition coefficient (Wildman–Crippen LogP) is 1.13. The SMILES string of the molecule is CC(C)N1C(=O)C(=O)N(CC(=O)N[C@H]2CCC[C@H](C)[C@H]2C)C1=O. The lowest BCUT2D eigenvalue weighted by Gasteiger charge is -2.34. The first-order valence-corrected chi connectivity index (χ1v) is 8.22. The molecule has 5 amide bonds. The van der Waals surface area contributed by atoms with E-state index in [2.05, 4.69) is 19.2 Å². The number of amides is 5. The lowest BCUT2D eigenvalue weighted by atomic mass is 9.78. The molecule has 128 valence electrons. The second-order valence-corrected chi connectivity index (χ2v) is 6.88. The van der Waals surface area contributed by atoms with Crippen molar-refractivity contribution in [2.45, 2.75) is 59.0 Å². The van der Waals surface area contributed by atoms with Crippen LogP contribution in [0.15, 0.2) is 0 Å². The number of carbonyl (C=O) groups is 4. The zero-order valence-electron chi connectivity index (χ0n) is 14.2. The quantitative estimate of drug-likeness (QED) is 0.620. The molecular formula is C16H25N3O4. The van der Waals surface area contributed by atoms with Gasteiger partial charge in [0.05, 0.1) is 0 Å². The summed E-state index contributed by atoms with van der Waals surface area (Å²) in [4.78, 5) is 49.7. The highest BCUT2D eigenvalue weighted by Gasteiger charge is 2.46. The summed E-state index contributed by atoms with van der Waals surface area (Å²) in [5.74, 6) is -1.30. The monoisotopic (exact) mass is 323 g/mol. The fourth-order valence-corrected chi connectivity index (χ4v) is 3.30. The van der Waals surface area contributed by atoms with Crippen molar-refractivity contribution in [2.75, 3.05) is 6.54 Å². The number of imide groups is 2. The van der Waals surface area contributed by atoms with E-state index in [1.54, 1.807) is 13.8 Å². The highest BCUT2D eigenvalue weighted by Crippen LogP contribution is 2.29. The number of urea groups is 1. The van der Waals surface area contributed by atoms with E-state index in [0.29, 0.717) is 11.8 Å². The maximum atomic E-state index is 12.2. The Morgan fingerprint density at radius 2 is 1.83 bits per heavy atom. The zero-order chi connectivity index (χ0) is 17.3. The number of hydrogen-bond donors (Lipinski definition) is 1. The molecule has 3 atom stereocenters. The van der Waals surface area contributed by atoms with Crippen LogP contribution in [0.4, 0.5) is 4.79 Å². The molecule has 1 N–H and O–H groups in total. The number of nitrogens with one attached hydrogen (secondary N) is 1. The molecule has 2 rings (SSSR count). The maximum absolute atomic E-state index is 12.2. The Balaban J connectivity index is 1.99. The van der Waals surface area contributed by atoms with E-state index in [9.17, 15) is 19.2 Å². The number of hydrogen-bond acceptors (Lipinski definition) is 4.